The van der Waals surface area contributed by atoms with Crippen LogP contribution in [-0.4, -0.2) is 74.7 Å². The van der Waals surface area contributed by atoms with Crippen LogP contribution < -0.4 is 10.6 Å². The number of amides is 3. The number of benzene rings is 1. The smallest absolute Gasteiger partial charge is 0.255 e. The molecule has 35 heavy (non-hydrogen) atoms. The number of hydrogen-bond donors (Lipinski definition) is 2. The first-order valence-corrected chi connectivity index (χ1v) is 12.6. The average Bonchev–Trinajstić information content (AvgIpc) is 3.46. The van der Waals surface area contributed by atoms with E-state index in [0.29, 0.717) is 23.9 Å². The molecule has 2 N–H and O–H groups in total. The van der Waals surface area contributed by atoms with Gasteiger partial charge in [0.25, 0.3) is 5.91 Å². The van der Waals surface area contributed by atoms with Gasteiger partial charge in [-0.1, -0.05) is 5.21 Å². The number of carbonyl (C=O) groups excluding carboxylic acids is 3. The van der Waals surface area contributed by atoms with Gasteiger partial charge in [0.1, 0.15) is 6.04 Å². The van der Waals surface area contributed by atoms with Crippen LogP contribution in [0.1, 0.15) is 60.1 Å². The molecule has 2 aromatic rings. The quantitative estimate of drug-likeness (QED) is 0.632. The fourth-order valence-corrected chi connectivity index (χ4v) is 6.07. The largest absolute Gasteiger partial charge is 0.322 e. The van der Waals surface area contributed by atoms with Crippen LogP contribution in [0.15, 0.2) is 24.4 Å². The molecule has 1 aromatic heterocycles. The summed E-state index contributed by atoms with van der Waals surface area (Å²) in [4.78, 5) is 40.7. The predicted molar refractivity (Wildman–Crippen MR) is 126 cm³/mol. The lowest BCUT2D eigenvalue weighted by Crippen LogP contribution is -2.52. The monoisotopic (exact) mass is 477 g/mol. The molecule has 1 atom stereocenters. The summed E-state index contributed by atoms with van der Waals surface area (Å²) in [5, 5.41) is 14.6. The molecule has 3 amide bonds. The van der Waals surface area contributed by atoms with Gasteiger partial charge in [0.05, 0.1) is 17.6 Å². The minimum absolute atomic E-state index is 0.169. The Morgan fingerprint density at radius 2 is 1.86 bits per heavy atom. The van der Waals surface area contributed by atoms with Crippen molar-refractivity contribution in [2.45, 2.75) is 57.7 Å². The van der Waals surface area contributed by atoms with Gasteiger partial charge in [-0.3, -0.25) is 24.6 Å². The third kappa shape index (κ3) is 4.25. The molecular formula is C25H31N7O3. The Bertz CT molecular complexity index is 1160. The summed E-state index contributed by atoms with van der Waals surface area (Å²) in [6, 6.07) is 5.00. The lowest BCUT2D eigenvalue weighted by molar-refractivity contribution is -0.136. The average molecular weight is 478 g/mol. The molecule has 3 fully saturated rings. The summed E-state index contributed by atoms with van der Waals surface area (Å²) in [6.45, 7) is 5.63. The Morgan fingerprint density at radius 3 is 2.63 bits per heavy atom. The number of rotatable bonds is 4. The van der Waals surface area contributed by atoms with E-state index in [1.807, 2.05) is 18.3 Å². The molecule has 0 saturated carbocycles. The molecule has 10 heteroatoms. The van der Waals surface area contributed by atoms with E-state index in [4.69, 9.17) is 0 Å². The van der Waals surface area contributed by atoms with Crippen LogP contribution >= 0.6 is 0 Å². The van der Waals surface area contributed by atoms with Crippen molar-refractivity contribution in [3.8, 4) is 5.69 Å². The predicted octanol–water partition coefficient (Wildman–Crippen LogP) is 0.994. The van der Waals surface area contributed by atoms with Crippen LogP contribution in [0.25, 0.3) is 5.69 Å². The van der Waals surface area contributed by atoms with Gasteiger partial charge in [-0.15, -0.1) is 5.10 Å². The minimum atomic E-state index is -0.609. The Balaban J connectivity index is 1.11. The highest BCUT2D eigenvalue weighted by Gasteiger charge is 2.39. The van der Waals surface area contributed by atoms with Gasteiger partial charge in [-0.05, 0) is 87.5 Å². The normalized spacial score (nSPS) is 24.6. The molecule has 4 aliphatic rings. The van der Waals surface area contributed by atoms with Crippen molar-refractivity contribution in [1.29, 1.82) is 0 Å². The third-order valence-corrected chi connectivity index (χ3v) is 8.28. The van der Waals surface area contributed by atoms with Crippen molar-refractivity contribution in [3.05, 3.63) is 41.2 Å². The second-order valence-corrected chi connectivity index (χ2v) is 10.4. The molecule has 3 saturated heterocycles. The van der Waals surface area contributed by atoms with E-state index in [1.54, 1.807) is 15.6 Å². The summed E-state index contributed by atoms with van der Waals surface area (Å²) >= 11 is 0. The van der Waals surface area contributed by atoms with E-state index in [-0.39, 0.29) is 18.2 Å². The Kier molecular flexibility index (Phi) is 5.64. The fraction of sp³-hybridized carbons (Fsp3) is 0.560. The van der Waals surface area contributed by atoms with Crippen molar-refractivity contribution in [1.82, 2.24) is 35.4 Å². The zero-order valence-corrected chi connectivity index (χ0v) is 19.8. The second kappa shape index (κ2) is 8.83. The van der Waals surface area contributed by atoms with Gasteiger partial charge in [0.15, 0.2) is 0 Å². The van der Waals surface area contributed by atoms with Gasteiger partial charge >= 0.3 is 0 Å². The first kappa shape index (κ1) is 22.4. The topological polar surface area (TPSA) is 112 Å². The number of imide groups is 1. The van der Waals surface area contributed by atoms with Crippen molar-refractivity contribution in [2.75, 3.05) is 26.2 Å². The number of piperidine rings is 3. The number of aromatic nitrogens is 3. The second-order valence-electron chi connectivity index (χ2n) is 10.4. The first-order valence-electron chi connectivity index (χ1n) is 12.6. The highest BCUT2D eigenvalue weighted by molar-refractivity contribution is 6.05. The molecule has 0 aliphatic carbocycles. The molecule has 1 unspecified atom stereocenters. The summed E-state index contributed by atoms with van der Waals surface area (Å²) in [6.07, 6.45) is 7.66. The maximum atomic E-state index is 12.9. The van der Waals surface area contributed by atoms with Crippen LogP contribution in [-0.2, 0) is 22.7 Å². The van der Waals surface area contributed by atoms with Gasteiger partial charge < -0.3 is 10.2 Å². The van der Waals surface area contributed by atoms with Crippen LogP contribution in [0.4, 0.5) is 0 Å². The maximum Gasteiger partial charge on any atom is 0.255 e. The number of hydrogen-bond acceptors (Lipinski definition) is 7. The SMILES string of the molecule is O=C1CCC(N2Cc3cc(-n4cc(CN5CCC6(CCNCC6)CC5)nn4)ccc3C2=O)C(=O)N1. The molecule has 1 aromatic carbocycles. The summed E-state index contributed by atoms with van der Waals surface area (Å²) < 4.78 is 1.76. The number of nitrogens with one attached hydrogen (secondary N) is 2. The van der Waals surface area contributed by atoms with Crippen LogP contribution in [0.5, 0.6) is 0 Å². The summed E-state index contributed by atoms with van der Waals surface area (Å²) in [7, 11) is 0. The lowest BCUT2D eigenvalue weighted by Gasteiger charge is -2.44. The van der Waals surface area contributed by atoms with Gasteiger partial charge in [0, 0.05) is 25.1 Å². The van der Waals surface area contributed by atoms with Crippen LogP contribution in [0.2, 0.25) is 0 Å². The number of fused-ring (bicyclic) bond motifs is 1. The molecule has 184 valence electrons. The molecule has 4 aliphatic heterocycles. The standard InChI is InChI=1S/C25H31N7O3/c33-22-4-3-21(23(34)27-22)31-14-17-13-19(1-2-20(17)24(31)35)32-16-18(28-29-32)15-30-11-7-25(8-12-30)5-9-26-10-6-25/h1-2,13,16,21,26H,3-12,14-15H2,(H,27,33,34). The zero-order chi connectivity index (χ0) is 24.0. The Morgan fingerprint density at radius 1 is 1.06 bits per heavy atom. The van der Waals surface area contributed by atoms with Crippen LogP contribution in [0, 0.1) is 5.41 Å². The highest BCUT2D eigenvalue weighted by atomic mass is 16.2. The van der Waals surface area contributed by atoms with Gasteiger partial charge in [-0.2, -0.15) is 0 Å². The minimum Gasteiger partial charge on any atom is -0.322 e. The van der Waals surface area contributed by atoms with E-state index in [1.165, 1.54) is 25.7 Å². The third-order valence-electron chi connectivity index (χ3n) is 8.28. The van der Waals surface area contributed by atoms with Crippen molar-refractivity contribution < 1.29 is 14.4 Å². The molecule has 0 radical (unpaired) electrons. The number of nitrogens with zero attached hydrogens (tertiary/aromatic N) is 5. The molecule has 1 spiro atoms. The van der Waals surface area contributed by atoms with Crippen molar-refractivity contribution >= 4 is 17.7 Å². The van der Waals surface area contributed by atoms with Gasteiger partial charge in [0.2, 0.25) is 11.8 Å². The molecular weight excluding hydrogens is 446 g/mol. The van der Waals surface area contributed by atoms with E-state index in [0.717, 1.165) is 49.7 Å². The molecule has 0 bridgehead atoms. The number of carbonyl (C=O) groups is 3. The molecule has 6 rings (SSSR count). The van der Waals surface area contributed by atoms with E-state index >= 15 is 0 Å². The molecule has 5 heterocycles. The lowest BCUT2D eigenvalue weighted by atomic mass is 9.71. The fourth-order valence-electron chi connectivity index (χ4n) is 6.07. The number of likely N-dealkylation sites (tertiary alicyclic amines) is 1. The van der Waals surface area contributed by atoms with E-state index in [2.05, 4.69) is 25.8 Å². The van der Waals surface area contributed by atoms with Crippen LogP contribution in [0.3, 0.4) is 0 Å². The van der Waals surface area contributed by atoms with E-state index in [9.17, 15) is 14.4 Å². The Labute approximate surface area is 204 Å². The first-order chi connectivity index (χ1) is 17.0. The maximum absolute atomic E-state index is 12.9. The van der Waals surface area contributed by atoms with Crippen molar-refractivity contribution in [3.63, 3.8) is 0 Å². The van der Waals surface area contributed by atoms with E-state index < -0.39 is 11.9 Å². The van der Waals surface area contributed by atoms with Gasteiger partial charge in [-0.25, -0.2) is 4.68 Å². The summed E-state index contributed by atoms with van der Waals surface area (Å²) in [5.41, 5.74) is 3.76. The Hall–Kier alpha value is -3.11. The summed E-state index contributed by atoms with van der Waals surface area (Å²) in [5.74, 6) is -0.848. The zero-order valence-electron chi connectivity index (χ0n) is 19.8. The van der Waals surface area contributed by atoms with Crippen molar-refractivity contribution in [2.24, 2.45) is 5.41 Å². The highest BCUT2D eigenvalue weighted by Crippen LogP contribution is 2.39. The molecule has 10 nitrogen and oxygen atoms in total.